The summed E-state index contributed by atoms with van der Waals surface area (Å²) in [6.07, 6.45) is 4.55. The van der Waals surface area contributed by atoms with Crippen molar-refractivity contribution < 1.29 is 14.3 Å². The van der Waals surface area contributed by atoms with Gasteiger partial charge in [-0.15, -0.1) is 10.2 Å². The van der Waals surface area contributed by atoms with Crippen molar-refractivity contribution in [1.29, 1.82) is 0 Å². The summed E-state index contributed by atoms with van der Waals surface area (Å²) in [5.41, 5.74) is 6.11. The third kappa shape index (κ3) is 5.39. The van der Waals surface area contributed by atoms with Crippen LogP contribution in [-0.4, -0.2) is 39.1 Å². The van der Waals surface area contributed by atoms with Crippen LogP contribution in [0.4, 0.5) is 4.79 Å². The zero-order valence-corrected chi connectivity index (χ0v) is 19.3. The van der Waals surface area contributed by atoms with Crippen molar-refractivity contribution in [2.24, 2.45) is 17.6 Å². The van der Waals surface area contributed by atoms with Crippen LogP contribution in [0.15, 0.2) is 29.4 Å². The van der Waals surface area contributed by atoms with Gasteiger partial charge in [-0.25, -0.2) is 4.79 Å². The SMILES string of the molecule is COc1ccc(-c2nnc(S[C@H](C(=O)NC(N)=O)C(C)C)n2[C@H]2CCCC[C@@H]2C)cc1. The monoisotopic (exact) mass is 445 g/mol. The van der Waals surface area contributed by atoms with E-state index in [4.69, 9.17) is 10.5 Å². The molecule has 168 valence electrons. The smallest absolute Gasteiger partial charge is 0.318 e. The van der Waals surface area contributed by atoms with Crippen LogP contribution in [0.3, 0.4) is 0 Å². The van der Waals surface area contributed by atoms with Crippen LogP contribution in [0.25, 0.3) is 11.4 Å². The third-order valence-corrected chi connectivity index (χ3v) is 7.25. The first kappa shape index (κ1) is 23.1. The highest BCUT2D eigenvalue weighted by Gasteiger charge is 2.32. The number of carbonyl (C=O) groups is 2. The Kier molecular flexibility index (Phi) is 7.59. The van der Waals surface area contributed by atoms with E-state index >= 15 is 0 Å². The summed E-state index contributed by atoms with van der Waals surface area (Å²) in [5, 5.41) is 11.4. The summed E-state index contributed by atoms with van der Waals surface area (Å²) in [5.74, 6) is 1.59. The lowest BCUT2D eigenvalue weighted by molar-refractivity contribution is -0.120. The Hall–Kier alpha value is -2.55. The Balaban J connectivity index is 2.01. The van der Waals surface area contributed by atoms with Gasteiger partial charge >= 0.3 is 6.03 Å². The molecule has 3 N–H and O–H groups in total. The third-order valence-electron chi connectivity index (χ3n) is 5.75. The summed E-state index contributed by atoms with van der Waals surface area (Å²) in [4.78, 5) is 23.8. The first-order valence-corrected chi connectivity index (χ1v) is 11.6. The highest BCUT2D eigenvalue weighted by molar-refractivity contribution is 8.00. The fraction of sp³-hybridized carbons (Fsp3) is 0.545. The highest BCUT2D eigenvalue weighted by atomic mass is 32.2. The second-order valence-electron chi connectivity index (χ2n) is 8.37. The summed E-state index contributed by atoms with van der Waals surface area (Å²) in [7, 11) is 1.64. The molecule has 1 aromatic heterocycles. The number of nitrogens with zero attached hydrogens (tertiary/aromatic N) is 3. The van der Waals surface area contributed by atoms with E-state index in [9.17, 15) is 9.59 Å². The van der Waals surface area contributed by atoms with E-state index in [-0.39, 0.29) is 12.0 Å². The van der Waals surface area contributed by atoms with Gasteiger partial charge < -0.3 is 10.5 Å². The van der Waals surface area contributed by atoms with Gasteiger partial charge in [-0.1, -0.05) is 45.4 Å². The van der Waals surface area contributed by atoms with Crippen molar-refractivity contribution in [2.75, 3.05) is 7.11 Å². The van der Waals surface area contributed by atoms with Crippen molar-refractivity contribution in [3.63, 3.8) is 0 Å². The molecular weight excluding hydrogens is 414 g/mol. The molecule has 0 bridgehead atoms. The van der Waals surface area contributed by atoms with Gasteiger partial charge in [-0.05, 0) is 48.9 Å². The molecule has 1 aliphatic carbocycles. The van der Waals surface area contributed by atoms with Gasteiger partial charge in [0.25, 0.3) is 0 Å². The maximum Gasteiger partial charge on any atom is 0.318 e. The largest absolute Gasteiger partial charge is 0.497 e. The number of urea groups is 1. The Morgan fingerprint density at radius 1 is 1.19 bits per heavy atom. The molecule has 3 atom stereocenters. The van der Waals surface area contributed by atoms with Crippen molar-refractivity contribution in [3.05, 3.63) is 24.3 Å². The molecule has 31 heavy (non-hydrogen) atoms. The summed E-state index contributed by atoms with van der Waals surface area (Å²) >= 11 is 1.34. The number of imide groups is 1. The Morgan fingerprint density at radius 2 is 1.87 bits per heavy atom. The number of thioether (sulfide) groups is 1. The molecule has 1 aromatic carbocycles. The van der Waals surface area contributed by atoms with Gasteiger partial charge in [-0.3, -0.25) is 14.7 Å². The average Bonchev–Trinajstić information content (AvgIpc) is 3.15. The number of aromatic nitrogens is 3. The maximum atomic E-state index is 12.6. The number of nitrogens with one attached hydrogen (secondary N) is 1. The molecule has 1 aliphatic rings. The number of hydrogen-bond acceptors (Lipinski definition) is 6. The van der Waals surface area contributed by atoms with Gasteiger partial charge in [-0.2, -0.15) is 0 Å². The molecule has 0 aliphatic heterocycles. The lowest BCUT2D eigenvalue weighted by atomic mass is 9.85. The van der Waals surface area contributed by atoms with E-state index in [1.165, 1.54) is 18.2 Å². The second kappa shape index (κ2) is 10.2. The molecular formula is C22H31N5O3S. The number of primary amides is 1. The number of nitrogens with two attached hydrogens (primary N) is 1. The fourth-order valence-electron chi connectivity index (χ4n) is 4.07. The summed E-state index contributed by atoms with van der Waals surface area (Å²) < 4.78 is 7.47. The van der Waals surface area contributed by atoms with Gasteiger partial charge in [0, 0.05) is 11.6 Å². The second-order valence-corrected chi connectivity index (χ2v) is 9.48. The molecule has 9 heteroatoms. The van der Waals surface area contributed by atoms with Crippen LogP contribution in [-0.2, 0) is 4.79 Å². The van der Waals surface area contributed by atoms with Gasteiger partial charge in [0.1, 0.15) is 5.75 Å². The summed E-state index contributed by atoms with van der Waals surface area (Å²) in [6.45, 7) is 6.13. The lowest BCUT2D eigenvalue weighted by Gasteiger charge is -2.32. The minimum atomic E-state index is -0.849. The number of ether oxygens (including phenoxy) is 1. The normalized spacial score (nSPS) is 19.8. The molecule has 0 unspecified atom stereocenters. The minimum absolute atomic E-state index is 0.0253. The summed E-state index contributed by atoms with van der Waals surface area (Å²) in [6, 6.07) is 7.15. The standard InChI is InChI=1S/C22H31N5O3S/c1-13(2)18(20(28)24-21(23)29)31-22-26-25-19(15-9-11-16(30-4)12-10-15)27(22)17-8-6-5-7-14(17)3/h9-14,17-18H,5-8H2,1-4H3,(H3,23,24,28,29)/t14-,17-,18-/m0/s1. The first-order valence-electron chi connectivity index (χ1n) is 10.7. The number of methoxy groups -OCH3 is 1. The van der Waals surface area contributed by atoms with E-state index in [2.05, 4.69) is 27.0 Å². The molecule has 1 fully saturated rings. The van der Waals surface area contributed by atoms with Crippen molar-refractivity contribution in [2.45, 2.75) is 62.9 Å². The minimum Gasteiger partial charge on any atom is -0.497 e. The van der Waals surface area contributed by atoms with E-state index in [0.717, 1.165) is 36.4 Å². The first-order chi connectivity index (χ1) is 14.8. The van der Waals surface area contributed by atoms with Crippen molar-refractivity contribution in [1.82, 2.24) is 20.1 Å². The van der Waals surface area contributed by atoms with E-state index in [0.29, 0.717) is 11.1 Å². The quantitative estimate of drug-likeness (QED) is 0.623. The number of hydrogen-bond donors (Lipinski definition) is 2. The lowest BCUT2D eigenvalue weighted by Crippen LogP contribution is -2.42. The molecule has 1 heterocycles. The number of amides is 3. The molecule has 0 saturated heterocycles. The molecule has 1 saturated carbocycles. The Bertz CT molecular complexity index is 912. The Labute approximate surface area is 187 Å². The number of carbonyl (C=O) groups excluding carboxylic acids is 2. The van der Waals surface area contributed by atoms with Crippen LogP contribution < -0.4 is 15.8 Å². The van der Waals surface area contributed by atoms with Gasteiger partial charge in [0.05, 0.1) is 12.4 Å². The maximum absolute atomic E-state index is 12.6. The van der Waals surface area contributed by atoms with E-state index in [1.807, 2.05) is 38.1 Å². The number of benzene rings is 1. The number of rotatable bonds is 7. The molecule has 2 aromatic rings. The zero-order chi connectivity index (χ0) is 22.5. The van der Waals surface area contributed by atoms with E-state index < -0.39 is 17.2 Å². The highest BCUT2D eigenvalue weighted by Crippen LogP contribution is 2.40. The Morgan fingerprint density at radius 3 is 2.45 bits per heavy atom. The van der Waals surface area contributed by atoms with Gasteiger partial charge in [0.15, 0.2) is 11.0 Å². The van der Waals surface area contributed by atoms with Crippen LogP contribution in [0.5, 0.6) is 5.75 Å². The molecule has 0 radical (unpaired) electrons. The van der Waals surface area contributed by atoms with E-state index in [1.54, 1.807) is 7.11 Å². The molecule has 0 spiro atoms. The van der Waals surface area contributed by atoms with Crippen LogP contribution >= 0.6 is 11.8 Å². The fourth-order valence-corrected chi connectivity index (χ4v) is 5.16. The zero-order valence-electron chi connectivity index (χ0n) is 18.5. The topological polar surface area (TPSA) is 112 Å². The molecule has 3 amide bonds. The average molecular weight is 446 g/mol. The van der Waals surface area contributed by atoms with Crippen LogP contribution in [0.1, 0.15) is 52.5 Å². The molecule has 3 rings (SSSR count). The van der Waals surface area contributed by atoms with Crippen molar-refractivity contribution in [3.8, 4) is 17.1 Å². The van der Waals surface area contributed by atoms with Crippen LogP contribution in [0, 0.1) is 11.8 Å². The molecule has 8 nitrogen and oxygen atoms in total. The van der Waals surface area contributed by atoms with Crippen molar-refractivity contribution >= 4 is 23.7 Å². The van der Waals surface area contributed by atoms with Gasteiger partial charge in [0.2, 0.25) is 5.91 Å². The van der Waals surface area contributed by atoms with Crippen LogP contribution in [0.2, 0.25) is 0 Å². The predicted octanol–water partition coefficient (Wildman–Crippen LogP) is 4.02. The predicted molar refractivity (Wildman–Crippen MR) is 121 cm³/mol.